The van der Waals surface area contributed by atoms with E-state index in [9.17, 15) is 18.0 Å². The molecule has 4 aromatic heterocycles. The first-order chi connectivity index (χ1) is 35.4. The molecule has 0 atom stereocenters. The largest absolute Gasteiger partial charge is 0.496 e. The number of sulfonamides is 1. The predicted octanol–water partition coefficient (Wildman–Crippen LogP) is 5.75. The molecule has 4 aromatic carbocycles. The van der Waals surface area contributed by atoms with Gasteiger partial charge in [-0.25, -0.2) is 8.42 Å². The lowest BCUT2D eigenvalue weighted by Gasteiger charge is -2.12. The van der Waals surface area contributed by atoms with Gasteiger partial charge in [0.05, 0.1) is 58.8 Å². The van der Waals surface area contributed by atoms with Gasteiger partial charge in [-0.2, -0.15) is 10.2 Å². The maximum Gasteiger partial charge on any atom is 0.295 e. The van der Waals surface area contributed by atoms with Crippen molar-refractivity contribution in [2.75, 3.05) is 51.0 Å². The minimum absolute atomic E-state index is 0.00555. The monoisotopic (exact) mass is 1030 g/mol. The smallest absolute Gasteiger partial charge is 0.295 e. The van der Waals surface area contributed by atoms with Crippen LogP contribution in [0.3, 0.4) is 0 Å². The lowest BCUT2D eigenvalue weighted by Crippen LogP contribution is -2.30. The number of ether oxygens (including phenoxy) is 4. The quantitative estimate of drug-likeness (QED) is 0.0308. The van der Waals surface area contributed by atoms with Gasteiger partial charge in [-0.1, -0.05) is 35.4 Å². The van der Waals surface area contributed by atoms with Gasteiger partial charge in [0.2, 0.25) is 0 Å². The summed E-state index contributed by atoms with van der Waals surface area (Å²) in [6.07, 6.45) is 17.9. The number of amides is 2. The van der Waals surface area contributed by atoms with Crippen LogP contribution in [0.15, 0.2) is 110 Å². The lowest BCUT2D eigenvalue weighted by molar-refractivity contribution is -0.116. The molecule has 21 nitrogen and oxygen atoms in total. The first kappa shape index (κ1) is 52.2. The van der Waals surface area contributed by atoms with E-state index in [-0.39, 0.29) is 23.0 Å². The van der Waals surface area contributed by atoms with Crippen LogP contribution in [0.1, 0.15) is 34.7 Å². The number of fused-ring (bicyclic) bond motifs is 2. The van der Waals surface area contributed by atoms with E-state index in [0.29, 0.717) is 73.0 Å². The topological polar surface area (TPSA) is 253 Å². The Hall–Kier alpha value is -8.64. The molecule has 0 saturated heterocycles. The van der Waals surface area contributed by atoms with Crippen molar-refractivity contribution in [3.63, 3.8) is 0 Å². The summed E-state index contributed by atoms with van der Waals surface area (Å²) < 4.78 is 68.7. The number of hydrogen-bond donors (Lipinski definition) is 5. The van der Waals surface area contributed by atoms with E-state index in [0.717, 1.165) is 43.8 Å². The van der Waals surface area contributed by atoms with Crippen molar-refractivity contribution in [2.45, 2.75) is 49.3 Å². The Morgan fingerprint density at radius 1 is 0.671 bits per heavy atom. The van der Waals surface area contributed by atoms with Crippen molar-refractivity contribution < 1.29 is 46.0 Å². The van der Waals surface area contributed by atoms with Gasteiger partial charge >= 0.3 is 0 Å². The SMILES string of the molecule is C#CC(=O)NCCNCc1cnn(Cc2cc(OC)c3c(NSc4ccccc4OC)noc3c2)c1.C#CC(=O)NCc1cnn(Cc2cc(OC)c3c(NS(=O)(=O)c4cc(CC)ccc4OC)noc3c2)c1. The molecule has 0 spiro atoms. The lowest BCUT2D eigenvalue weighted by atomic mass is 10.1. The molecule has 0 unspecified atom stereocenters. The number of carbonyl (C=O) groups is 2. The van der Waals surface area contributed by atoms with Crippen LogP contribution in [-0.4, -0.2) is 91.6 Å². The Bertz CT molecular complexity index is 3420. The minimum atomic E-state index is -4.05. The molecule has 8 aromatic rings. The Morgan fingerprint density at radius 3 is 1.85 bits per heavy atom. The van der Waals surface area contributed by atoms with Gasteiger partial charge in [0.1, 0.15) is 38.7 Å². The summed E-state index contributed by atoms with van der Waals surface area (Å²) >= 11 is 1.38. The second kappa shape index (κ2) is 24.5. The fraction of sp³-hybridized carbons (Fsp3) is 0.240. The summed E-state index contributed by atoms with van der Waals surface area (Å²) in [5, 5.41) is 26.4. The molecule has 0 aliphatic carbocycles. The molecular weight excluding hydrogens is 979 g/mol. The number of benzene rings is 4. The third-order valence-corrected chi connectivity index (χ3v) is 13.0. The zero-order valence-corrected chi connectivity index (χ0v) is 42.0. The maximum absolute atomic E-state index is 13.3. The maximum atomic E-state index is 13.3. The number of carbonyl (C=O) groups excluding carboxylic acids is 2. The Balaban J connectivity index is 0.000000214. The van der Waals surface area contributed by atoms with Gasteiger partial charge in [-0.15, -0.1) is 12.8 Å². The number of nitrogens with one attached hydrogen (secondary N) is 5. The molecule has 0 saturated carbocycles. The van der Waals surface area contributed by atoms with Crippen LogP contribution < -0.4 is 44.3 Å². The van der Waals surface area contributed by atoms with Crippen LogP contribution in [0.2, 0.25) is 0 Å². The number of nitrogens with zero attached hydrogens (tertiary/aromatic N) is 6. The van der Waals surface area contributed by atoms with E-state index in [1.807, 2.05) is 72.1 Å². The zero-order valence-electron chi connectivity index (χ0n) is 40.3. The van der Waals surface area contributed by atoms with E-state index in [1.54, 1.807) is 61.8 Å². The molecule has 0 aliphatic heterocycles. The zero-order chi connectivity index (χ0) is 51.9. The molecule has 2 amide bonds. The fourth-order valence-corrected chi connectivity index (χ4v) is 9.26. The fourth-order valence-electron chi connectivity index (χ4n) is 7.29. The van der Waals surface area contributed by atoms with Gasteiger partial charge < -0.3 is 48.7 Å². The molecule has 0 aliphatic rings. The molecule has 5 N–H and O–H groups in total. The molecule has 0 bridgehead atoms. The molecule has 378 valence electrons. The van der Waals surface area contributed by atoms with Crippen LogP contribution in [0.25, 0.3) is 21.9 Å². The number of para-hydroxylation sites is 1. The van der Waals surface area contributed by atoms with E-state index in [1.165, 1.54) is 26.2 Å². The van der Waals surface area contributed by atoms with Gasteiger partial charge in [-0.3, -0.25) is 23.7 Å². The first-order valence-corrected chi connectivity index (χ1v) is 24.6. The Morgan fingerprint density at radius 2 is 1.25 bits per heavy atom. The number of terminal acetylenes is 2. The van der Waals surface area contributed by atoms with Gasteiger partial charge in [0.25, 0.3) is 21.8 Å². The van der Waals surface area contributed by atoms with Crippen LogP contribution in [-0.2, 0) is 52.2 Å². The molecular formula is C50H51N11O10S2. The molecule has 0 radical (unpaired) electrons. The highest BCUT2D eigenvalue weighted by molar-refractivity contribution is 8.00. The predicted molar refractivity (Wildman–Crippen MR) is 274 cm³/mol. The second-order valence-electron chi connectivity index (χ2n) is 15.7. The van der Waals surface area contributed by atoms with Crippen LogP contribution in [0.4, 0.5) is 11.6 Å². The third-order valence-electron chi connectivity index (χ3n) is 10.8. The van der Waals surface area contributed by atoms with E-state index in [4.69, 9.17) is 40.8 Å². The van der Waals surface area contributed by atoms with Crippen LogP contribution >= 0.6 is 11.9 Å². The number of anilines is 2. The third kappa shape index (κ3) is 13.2. The van der Waals surface area contributed by atoms with Gasteiger partial charge in [0.15, 0.2) is 22.8 Å². The molecule has 23 heteroatoms. The number of aryl methyl sites for hydroxylation is 1. The summed E-state index contributed by atoms with van der Waals surface area (Å²) in [6, 6.07) is 20.1. The van der Waals surface area contributed by atoms with Crippen molar-refractivity contribution in [3.05, 3.63) is 119 Å². The normalized spacial score (nSPS) is 10.9. The van der Waals surface area contributed by atoms with Crippen molar-refractivity contribution in [3.8, 4) is 47.7 Å². The van der Waals surface area contributed by atoms with Crippen molar-refractivity contribution in [2.24, 2.45) is 0 Å². The molecule has 73 heavy (non-hydrogen) atoms. The van der Waals surface area contributed by atoms with Gasteiger partial charge in [-0.05, 0) is 95.4 Å². The summed E-state index contributed by atoms with van der Waals surface area (Å²) in [4.78, 5) is 23.2. The molecule has 0 fully saturated rings. The van der Waals surface area contributed by atoms with Crippen LogP contribution in [0, 0.1) is 24.7 Å². The summed E-state index contributed by atoms with van der Waals surface area (Å²) in [5.74, 6) is 5.64. The van der Waals surface area contributed by atoms with E-state index < -0.39 is 21.8 Å². The Labute approximate surface area is 424 Å². The summed E-state index contributed by atoms with van der Waals surface area (Å²) in [7, 11) is 2.08. The molecule has 8 rings (SSSR count). The number of methoxy groups -OCH3 is 4. The summed E-state index contributed by atoms with van der Waals surface area (Å²) in [5.41, 5.74) is 5.30. The Kier molecular flexibility index (Phi) is 17.5. The minimum Gasteiger partial charge on any atom is -0.496 e. The van der Waals surface area contributed by atoms with Crippen molar-refractivity contribution >= 4 is 67.4 Å². The highest BCUT2D eigenvalue weighted by Crippen LogP contribution is 2.38. The van der Waals surface area contributed by atoms with E-state index in [2.05, 4.69) is 45.9 Å². The van der Waals surface area contributed by atoms with Crippen molar-refractivity contribution in [1.29, 1.82) is 0 Å². The van der Waals surface area contributed by atoms with Crippen LogP contribution in [0.5, 0.6) is 23.0 Å². The standard InChI is InChI=1S/C25H26N6O4S.C25H25N5O6S/c1-4-23(32)27-10-9-26-13-18-14-28-31(16-18)15-17-11-20(34-3)24-21(12-17)35-29-25(24)30-36-22-8-6-5-7-19(22)33-2;1-5-16-7-8-19(34-3)22(11-16)37(32,33)29-25-24-20(35-4)9-17(10-21(24)36-28-25)14-30-15-18(13-27-30)12-26-23(31)6-2/h1,5-8,11-12,14,16,26H,9-10,13,15H2,2-3H3,(H,27,32)(H,29,30);2,7-11,13,15H,5,12,14H2,1,3-4H3,(H,26,31)(H,28,29). The van der Waals surface area contributed by atoms with E-state index >= 15 is 0 Å². The average Bonchev–Trinajstić information content (AvgIpc) is 4.24. The second-order valence-corrected chi connectivity index (χ2v) is 18.2. The highest BCUT2D eigenvalue weighted by Gasteiger charge is 2.25. The highest BCUT2D eigenvalue weighted by atomic mass is 32.2. The van der Waals surface area contributed by atoms with Gasteiger partial charge in [0, 0.05) is 49.7 Å². The van der Waals surface area contributed by atoms with Crippen molar-refractivity contribution in [1.82, 2.24) is 45.8 Å². The number of hydrogen-bond acceptors (Lipinski definition) is 17. The first-order valence-electron chi connectivity index (χ1n) is 22.3. The summed E-state index contributed by atoms with van der Waals surface area (Å²) in [6.45, 7) is 4.76. The number of aromatic nitrogens is 6. The average molecular weight is 1030 g/mol. The molecule has 4 heterocycles. The number of rotatable bonds is 22.